The lowest BCUT2D eigenvalue weighted by Crippen LogP contribution is -2.00. The molecule has 1 heterocycles. The van der Waals surface area contributed by atoms with Crippen molar-refractivity contribution in [2.45, 2.75) is 6.92 Å². The molecule has 0 unspecified atom stereocenters. The number of anilines is 3. The molecule has 4 nitrogen and oxygen atoms in total. The molecule has 0 aliphatic carbocycles. The summed E-state index contributed by atoms with van der Waals surface area (Å²) in [5.74, 6) is 0.795. The monoisotopic (exact) mass is 247 g/mol. The first-order valence-corrected chi connectivity index (χ1v) is 5.44. The Balaban J connectivity index is 2.33. The summed E-state index contributed by atoms with van der Waals surface area (Å²) < 4.78 is 18.3. The summed E-state index contributed by atoms with van der Waals surface area (Å²) in [6.45, 7) is 1.81. The lowest BCUT2D eigenvalue weighted by atomic mass is 10.2. The van der Waals surface area contributed by atoms with E-state index in [0.29, 0.717) is 22.9 Å². The van der Waals surface area contributed by atoms with E-state index < -0.39 is 0 Å². The van der Waals surface area contributed by atoms with Crippen molar-refractivity contribution in [3.05, 3.63) is 41.8 Å². The second-order valence-electron chi connectivity index (χ2n) is 3.84. The van der Waals surface area contributed by atoms with Crippen molar-refractivity contribution in [2.75, 3.05) is 18.2 Å². The third-order valence-electron chi connectivity index (χ3n) is 2.55. The fraction of sp³-hybridized carbons (Fsp3) is 0.154. The van der Waals surface area contributed by atoms with Gasteiger partial charge in [0.15, 0.2) is 0 Å². The summed E-state index contributed by atoms with van der Waals surface area (Å²) in [7, 11) is 1.53. The highest BCUT2D eigenvalue weighted by Gasteiger charge is 2.06. The molecule has 0 atom stereocenters. The Morgan fingerprint density at radius 3 is 2.72 bits per heavy atom. The second kappa shape index (κ2) is 4.91. The molecule has 94 valence electrons. The van der Waals surface area contributed by atoms with Gasteiger partial charge in [0, 0.05) is 6.07 Å². The molecule has 2 rings (SSSR count). The van der Waals surface area contributed by atoms with Gasteiger partial charge in [0.05, 0.1) is 24.2 Å². The van der Waals surface area contributed by atoms with Crippen molar-refractivity contribution in [3.8, 4) is 5.75 Å². The number of pyridine rings is 1. The van der Waals surface area contributed by atoms with Crippen LogP contribution >= 0.6 is 0 Å². The molecular weight excluding hydrogens is 233 g/mol. The maximum Gasteiger partial charge on any atom is 0.142 e. The SMILES string of the molecule is COc1ccc(F)cc1Nc1ccc(N)c(C)n1. The summed E-state index contributed by atoms with van der Waals surface area (Å²) in [6, 6.07) is 7.73. The minimum Gasteiger partial charge on any atom is -0.495 e. The number of hydrogen-bond donors (Lipinski definition) is 2. The number of rotatable bonds is 3. The van der Waals surface area contributed by atoms with Crippen LogP contribution < -0.4 is 15.8 Å². The van der Waals surface area contributed by atoms with Crippen molar-refractivity contribution in [3.63, 3.8) is 0 Å². The second-order valence-corrected chi connectivity index (χ2v) is 3.84. The number of nitrogens with zero attached hydrogens (tertiary/aromatic N) is 1. The summed E-state index contributed by atoms with van der Waals surface area (Å²) >= 11 is 0. The van der Waals surface area contributed by atoms with Crippen LogP contribution in [0.25, 0.3) is 0 Å². The van der Waals surface area contributed by atoms with Crippen LogP contribution in [-0.4, -0.2) is 12.1 Å². The van der Waals surface area contributed by atoms with E-state index in [1.54, 1.807) is 18.2 Å². The zero-order valence-electron chi connectivity index (χ0n) is 10.2. The Labute approximate surface area is 105 Å². The van der Waals surface area contributed by atoms with E-state index in [9.17, 15) is 4.39 Å². The Morgan fingerprint density at radius 1 is 1.28 bits per heavy atom. The number of aromatic nitrogens is 1. The number of hydrogen-bond acceptors (Lipinski definition) is 4. The van der Waals surface area contributed by atoms with E-state index in [1.165, 1.54) is 19.2 Å². The van der Waals surface area contributed by atoms with Gasteiger partial charge in [0.1, 0.15) is 17.4 Å². The van der Waals surface area contributed by atoms with Crippen LogP contribution in [0.2, 0.25) is 0 Å². The highest BCUT2D eigenvalue weighted by Crippen LogP contribution is 2.28. The lowest BCUT2D eigenvalue weighted by Gasteiger charge is -2.11. The van der Waals surface area contributed by atoms with Crippen molar-refractivity contribution < 1.29 is 9.13 Å². The predicted molar refractivity (Wildman–Crippen MR) is 69.6 cm³/mol. The minimum atomic E-state index is -0.342. The quantitative estimate of drug-likeness (QED) is 0.875. The smallest absolute Gasteiger partial charge is 0.142 e. The van der Waals surface area contributed by atoms with Crippen molar-refractivity contribution in [1.82, 2.24) is 4.98 Å². The molecule has 3 N–H and O–H groups in total. The molecule has 5 heteroatoms. The molecular formula is C13H14FN3O. The van der Waals surface area contributed by atoms with Gasteiger partial charge in [-0.25, -0.2) is 9.37 Å². The Bertz CT molecular complexity index is 572. The van der Waals surface area contributed by atoms with E-state index >= 15 is 0 Å². The van der Waals surface area contributed by atoms with E-state index in [2.05, 4.69) is 10.3 Å². The number of nitrogens with two attached hydrogens (primary N) is 1. The molecule has 0 radical (unpaired) electrons. The average molecular weight is 247 g/mol. The minimum absolute atomic E-state index is 0.342. The molecule has 1 aromatic heterocycles. The molecule has 0 fully saturated rings. The van der Waals surface area contributed by atoms with Gasteiger partial charge in [-0.05, 0) is 31.2 Å². The van der Waals surface area contributed by atoms with Crippen LogP contribution in [0.3, 0.4) is 0 Å². The largest absolute Gasteiger partial charge is 0.495 e. The fourth-order valence-electron chi connectivity index (χ4n) is 1.56. The molecule has 0 saturated carbocycles. The molecule has 0 bridgehead atoms. The predicted octanol–water partition coefficient (Wildman–Crippen LogP) is 2.86. The zero-order valence-corrected chi connectivity index (χ0v) is 10.2. The average Bonchev–Trinajstić information content (AvgIpc) is 2.34. The van der Waals surface area contributed by atoms with Gasteiger partial charge in [-0.2, -0.15) is 0 Å². The van der Waals surface area contributed by atoms with Gasteiger partial charge in [-0.1, -0.05) is 0 Å². The number of ether oxygens (including phenoxy) is 1. The molecule has 0 amide bonds. The molecule has 2 aromatic rings. The molecule has 1 aromatic carbocycles. The first kappa shape index (κ1) is 12.2. The van der Waals surface area contributed by atoms with Gasteiger partial charge in [0.25, 0.3) is 0 Å². The van der Waals surface area contributed by atoms with Crippen molar-refractivity contribution in [1.29, 1.82) is 0 Å². The molecule has 0 aliphatic heterocycles. The maximum absolute atomic E-state index is 13.2. The van der Waals surface area contributed by atoms with Crippen LogP contribution in [0.1, 0.15) is 5.69 Å². The Hall–Kier alpha value is -2.30. The van der Waals surface area contributed by atoms with Gasteiger partial charge in [0.2, 0.25) is 0 Å². The summed E-state index contributed by atoms with van der Waals surface area (Å²) in [5, 5.41) is 3.00. The number of methoxy groups -OCH3 is 1. The number of nitrogen functional groups attached to an aromatic ring is 1. The standard InChI is InChI=1S/C13H14FN3O/c1-8-10(15)4-6-13(16-8)17-11-7-9(14)3-5-12(11)18-2/h3-7H,15H2,1-2H3,(H,16,17). The number of benzene rings is 1. The van der Waals surface area contributed by atoms with Gasteiger partial charge < -0.3 is 15.8 Å². The Morgan fingerprint density at radius 2 is 2.06 bits per heavy atom. The third kappa shape index (κ3) is 2.51. The first-order chi connectivity index (χ1) is 8.60. The van der Waals surface area contributed by atoms with Gasteiger partial charge in [-0.3, -0.25) is 0 Å². The van der Waals surface area contributed by atoms with Crippen LogP contribution in [0, 0.1) is 12.7 Å². The molecule has 0 spiro atoms. The topological polar surface area (TPSA) is 60.2 Å². The van der Waals surface area contributed by atoms with Crippen LogP contribution in [0.15, 0.2) is 30.3 Å². The van der Waals surface area contributed by atoms with Crippen LogP contribution in [0.5, 0.6) is 5.75 Å². The van der Waals surface area contributed by atoms with Crippen molar-refractivity contribution in [2.24, 2.45) is 0 Å². The fourth-order valence-corrected chi connectivity index (χ4v) is 1.56. The Kier molecular flexibility index (Phi) is 3.32. The van der Waals surface area contributed by atoms with E-state index in [0.717, 1.165) is 5.69 Å². The van der Waals surface area contributed by atoms with Gasteiger partial charge >= 0.3 is 0 Å². The van der Waals surface area contributed by atoms with E-state index in [-0.39, 0.29) is 5.82 Å². The zero-order chi connectivity index (χ0) is 13.1. The normalized spacial score (nSPS) is 10.2. The number of nitrogens with one attached hydrogen (secondary N) is 1. The molecule has 18 heavy (non-hydrogen) atoms. The molecule has 0 saturated heterocycles. The van der Waals surface area contributed by atoms with Crippen LogP contribution in [0.4, 0.5) is 21.6 Å². The highest BCUT2D eigenvalue weighted by molar-refractivity contribution is 5.65. The summed E-state index contributed by atoms with van der Waals surface area (Å²) in [6.07, 6.45) is 0. The summed E-state index contributed by atoms with van der Waals surface area (Å²) in [4.78, 5) is 4.26. The van der Waals surface area contributed by atoms with Crippen molar-refractivity contribution >= 4 is 17.2 Å². The third-order valence-corrected chi connectivity index (χ3v) is 2.55. The maximum atomic E-state index is 13.2. The van der Waals surface area contributed by atoms with Gasteiger partial charge in [-0.15, -0.1) is 0 Å². The molecule has 0 aliphatic rings. The lowest BCUT2D eigenvalue weighted by molar-refractivity contribution is 0.416. The van der Waals surface area contributed by atoms with E-state index in [1.807, 2.05) is 6.92 Å². The van der Waals surface area contributed by atoms with E-state index in [4.69, 9.17) is 10.5 Å². The van der Waals surface area contributed by atoms with Crippen LogP contribution in [-0.2, 0) is 0 Å². The highest BCUT2D eigenvalue weighted by atomic mass is 19.1. The summed E-state index contributed by atoms with van der Waals surface area (Å²) in [5.41, 5.74) is 7.54. The number of halogens is 1. The number of aryl methyl sites for hydroxylation is 1. The first-order valence-electron chi connectivity index (χ1n) is 5.44.